The SMILES string of the molecule is NC(=O)NCCNC(c1ccccc1)c1ccccc1. The molecule has 2 amide bonds. The number of nitrogens with one attached hydrogen (secondary N) is 2. The van der Waals surface area contributed by atoms with Gasteiger partial charge in [0.2, 0.25) is 0 Å². The highest BCUT2D eigenvalue weighted by Crippen LogP contribution is 2.21. The van der Waals surface area contributed by atoms with E-state index in [0.717, 1.165) is 0 Å². The average Bonchev–Trinajstić information content (AvgIpc) is 2.49. The summed E-state index contributed by atoms with van der Waals surface area (Å²) >= 11 is 0. The molecule has 0 saturated carbocycles. The molecular formula is C16H19N3O. The molecule has 0 atom stereocenters. The summed E-state index contributed by atoms with van der Waals surface area (Å²) in [5.41, 5.74) is 7.44. The highest BCUT2D eigenvalue weighted by atomic mass is 16.2. The molecule has 0 aliphatic heterocycles. The minimum atomic E-state index is -0.497. The molecule has 0 fully saturated rings. The lowest BCUT2D eigenvalue weighted by molar-refractivity contribution is 0.249. The summed E-state index contributed by atoms with van der Waals surface area (Å²) in [5.74, 6) is 0. The van der Waals surface area contributed by atoms with Crippen molar-refractivity contribution >= 4 is 6.03 Å². The normalized spacial score (nSPS) is 10.4. The van der Waals surface area contributed by atoms with Crippen molar-refractivity contribution in [2.24, 2.45) is 5.73 Å². The Hall–Kier alpha value is -2.33. The Morgan fingerprint density at radius 3 is 1.85 bits per heavy atom. The number of primary amides is 1. The van der Waals surface area contributed by atoms with Crippen LogP contribution in [0.2, 0.25) is 0 Å². The third-order valence-electron chi connectivity index (χ3n) is 3.04. The van der Waals surface area contributed by atoms with Crippen LogP contribution in [0.5, 0.6) is 0 Å². The van der Waals surface area contributed by atoms with E-state index < -0.39 is 6.03 Å². The van der Waals surface area contributed by atoms with Crippen molar-refractivity contribution in [3.63, 3.8) is 0 Å². The predicted molar refractivity (Wildman–Crippen MR) is 80.3 cm³/mol. The van der Waals surface area contributed by atoms with Gasteiger partial charge in [-0.2, -0.15) is 0 Å². The number of nitrogens with two attached hydrogens (primary N) is 1. The summed E-state index contributed by atoms with van der Waals surface area (Å²) in [6, 6.07) is 20.1. The second-order valence-corrected chi connectivity index (χ2v) is 4.50. The molecule has 0 radical (unpaired) electrons. The molecule has 2 aromatic rings. The van der Waals surface area contributed by atoms with E-state index in [1.165, 1.54) is 11.1 Å². The van der Waals surface area contributed by atoms with Crippen molar-refractivity contribution in [2.75, 3.05) is 13.1 Å². The van der Waals surface area contributed by atoms with Gasteiger partial charge >= 0.3 is 6.03 Å². The summed E-state index contributed by atoms with van der Waals surface area (Å²) in [6.07, 6.45) is 0. The Morgan fingerprint density at radius 2 is 1.40 bits per heavy atom. The minimum absolute atomic E-state index is 0.104. The van der Waals surface area contributed by atoms with Gasteiger partial charge in [-0.15, -0.1) is 0 Å². The van der Waals surface area contributed by atoms with E-state index in [4.69, 9.17) is 5.73 Å². The standard InChI is InChI=1S/C16H19N3O/c17-16(20)19-12-11-18-15(13-7-3-1-4-8-13)14-9-5-2-6-10-14/h1-10,15,18H,11-12H2,(H3,17,19,20). The van der Waals surface area contributed by atoms with E-state index in [1.54, 1.807) is 0 Å². The van der Waals surface area contributed by atoms with Crippen LogP contribution in [0.25, 0.3) is 0 Å². The first-order chi connectivity index (χ1) is 9.77. The molecule has 0 spiro atoms. The summed E-state index contributed by atoms with van der Waals surface area (Å²) in [6.45, 7) is 1.16. The zero-order chi connectivity index (χ0) is 14.2. The van der Waals surface area contributed by atoms with Gasteiger partial charge in [-0.05, 0) is 11.1 Å². The monoisotopic (exact) mass is 269 g/mol. The third kappa shape index (κ3) is 4.10. The average molecular weight is 269 g/mol. The summed E-state index contributed by atoms with van der Waals surface area (Å²) in [4.78, 5) is 10.7. The van der Waals surface area contributed by atoms with Crippen LogP contribution in [-0.4, -0.2) is 19.1 Å². The summed E-state index contributed by atoms with van der Waals surface area (Å²) in [5, 5.41) is 6.02. The van der Waals surface area contributed by atoms with Gasteiger partial charge < -0.3 is 16.4 Å². The van der Waals surface area contributed by atoms with Gasteiger partial charge in [-0.25, -0.2) is 4.79 Å². The van der Waals surface area contributed by atoms with Gasteiger partial charge in [-0.3, -0.25) is 0 Å². The van der Waals surface area contributed by atoms with Crippen molar-refractivity contribution in [1.82, 2.24) is 10.6 Å². The molecule has 0 aliphatic carbocycles. The zero-order valence-corrected chi connectivity index (χ0v) is 11.3. The molecule has 4 N–H and O–H groups in total. The molecule has 0 aliphatic rings. The first kappa shape index (κ1) is 14.1. The number of carbonyl (C=O) groups excluding carboxylic acids is 1. The second kappa shape index (κ2) is 7.31. The number of rotatable bonds is 6. The fraction of sp³-hybridized carbons (Fsp3) is 0.188. The van der Waals surface area contributed by atoms with Gasteiger partial charge in [-0.1, -0.05) is 60.7 Å². The van der Waals surface area contributed by atoms with Crippen LogP contribution < -0.4 is 16.4 Å². The van der Waals surface area contributed by atoms with Crippen LogP contribution in [-0.2, 0) is 0 Å². The molecule has 4 nitrogen and oxygen atoms in total. The van der Waals surface area contributed by atoms with Crippen LogP contribution in [0.3, 0.4) is 0 Å². The summed E-state index contributed by atoms with van der Waals surface area (Å²) < 4.78 is 0. The van der Waals surface area contributed by atoms with Crippen molar-refractivity contribution < 1.29 is 4.79 Å². The van der Waals surface area contributed by atoms with E-state index in [9.17, 15) is 4.79 Å². The number of benzene rings is 2. The van der Waals surface area contributed by atoms with Gasteiger partial charge in [0.15, 0.2) is 0 Å². The van der Waals surface area contributed by atoms with E-state index in [2.05, 4.69) is 34.9 Å². The smallest absolute Gasteiger partial charge is 0.312 e. The molecule has 104 valence electrons. The third-order valence-corrected chi connectivity index (χ3v) is 3.04. The predicted octanol–water partition coefficient (Wildman–Crippen LogP) is 2.03. The van der Waals surface area contributed by atoms with Crippen LogP contribution in [0.1, 0.15) is 17.2 Å². The number of hydrogen-bond donors (Lipinski definition) is 3. The fourth-order valence-electron chi connectivity index (χ4n) is 2.12. The lowest BCUT2D eigenvalue weighted by atomic mass is 9.99. The molecule has 2 aromatic carbocycles. The molecule has 0 aromatic heterocycles. The maximum atomic E-state index is 10.7. The van der Waals surface area contributed by atoms with Gasteiger partial charge in [0.25, 0.3) is 0 Å². The zero-order valence-electron chi connectivity index (χ0n) is 11.3. The van der Waals surface area contributed by atoms with Crippen LogP contribution in [0.15, 0.2) is 60.7 Å². The van der Waals surface area contributed by atoms with Crippen molar-refractivity contribution in [1.29, 1.82) is 0 Å². The molecule has 4 heteroatoms. The maximum absolute atomic E-state index is 10.7. The molecule has 0 saturated heterocycles. The number of hydrogen-bond acceptors (Lipinski definition) is 2. The molecule has 0 heterocycles. The molecule has 0 bridgehead atoms. The molecule has 2 rings (SSSR count). The number of amides is 2. The Balaban J connectivity index is 2.07. The van der Waals surface area contributed by atoms with Gasteiger partial charge in [0.05, 0.1) is 6.04 Å². The van der Waals surface area contributed by atoms with Crippen LogP contribution in [0, 0.1) is 0 Å². The second-order valence-electron chi connectivity index (χ2n) is 4.50. The lowest BCUT2D eigenvalue weighted by Crippen LogP contribution is -2.36. The number of carbonyl (C=O) groups is 1. The van der Waals surface area contributed by atoms with E-state index in [0.29, 0.717) is 13.1 Å². The Labute approximate surface area is 119 Å². The first-order valence-electron chi connectivity index (χ1n) is 6.64. The van der Waals surface area contributed by atoms with E-state index in [-0.39, 0.29) is 6.04 Å². The first-order valence-corrected chi connectivity index (χ1v) is 6.64. The van der Waals surface area contributed by atoms with Gasteiger partial charge in [0.1, 0.15) is 0 Å². The number of urea groups is 1. The Kier molecular flexibility index (Phi) is 5.15. The Bertz CT molecular complexity index is 488. The topological polar surface area (TPSA) is 67.2 Å². The highest BCUT2D eigenvalue weighted by molar-refractivity contribution is 5.71. The summed E-state index contributed by atoms with van der Waals surface area (Å²) in [7, 11) is 0. The molecular weight excluding hydrogens is 250 g/mol. The Morgan fingerprint density at radius 1 is 0.900 bits per heavy atom. The van der Waals surface area contributed by atoms with Crippen LogP contribution in [0.4, 0.5) is 4.79 Å². The van der Waals surface area contributed by atoms with E-state index >= 15 is 0 Å². The molecule has 0 unspecified atom stereocenters. The fourth-order valence-corrected chi connectivity index (χ4v) is 2.12. The van der Waals surface area contributed by atoms with Crippen molar-refractivity contribution in [2.45, 2.75) is 6.04 Å². The van der Waals surface area contributed by atoms with Gasteiger partial charge in [0, 0.05) is 13.1 Å². The lowest BCUT2D eigenvalue weighted by Gasteiger charge is -2.20. The quantitative estimate of drug-likeness (QED) is 0.702. The minimum Gasteiger partial charge on any atom is -0.352 e. The highest BCUT2D eigenvalue weighted by Gasteiger charge is 2.12. The van der Waals surface area contributed by atoms with Crippen LogP contribution >= 0.6 is 0 Å². The molecule has 20 heavy (non-hydrogen) atoms. The van der Waals surface area contributed by atoms with Crippen molar-refractivity contribution in [3.05, 3.63) is 71.8 Å². The van der Waals surface area contributed by atoms with E-state index in [1.807, 2.05) is 36.4 Å². The maximum Gasteiger partial charge on any atom is 0.312 e. The van der Waals surface area contributed by atoms with Crippen molar-refractivity contribution in [3.8, 4) is 0 Å². The largest absolute Gasteiger partial charge is 0.352 e.